The predicted molar refractivity (Wildman–Crippen MR) is 81.6 cm³/mol. The number of aryl methyl sites for hydroxylation is 1. The Kier molecular flexibility index (Phi) is 5.26. The first-order valence-corrected chi connectivity index (χ1v) is 7.45. The lowest BCUT2D eigenvalue weighted by molar-refractivity contribution is -0.138. The van der Waals surface area contributed by atoms with Gasteiger partial charge in [0.2, 0.25) is 0 Å². The zero-order valence-corrected chi connectivity index (χ0v) is 12.5. The molecule has 0 aromatic heterocycles. The molecule has 1 aromatic carbocycles. The van der Waals surface area contributed by atoms with Gasteiger partial charge in [0.05, 0.1) is 6.54 Å². The quantitative estimate of drug-likeness (QED) is 0.877. The average Bonchev–Trinajstić information content (AvgIpc) is 2.41. The van der Waals surface area contributed by atoms with Crippen molar-refractivity contribution in [1.82, 2.24) is 4.90 Å². The molecule has 0 saturated carbocycles. The number of hydrogen-bond donors (Lipinski definition) is 2. The first-order chi connectivity index (χ1) is 9.58. The van der Waals surface area contributed by atoms with Crippen molar-refractivity contribution < 1.29 is 9.90 Å². The minimum atomic E-state index is -0.752. The van der Waals surface area contributed by atoms with Gasteiger partial charge in [0.25, 0.3) is 0 Å². The number of halogens is 1. The summed E-state index contributed by atoms with van der Waals surface area (Å²) >= 11 is 6.21. The molecule has 0 amide bonds. The van der Waals surface area contributed by atoms with E-state index in [4.69, 9.17) is 16.7 Å². The van der Waals surface area contributed by atoms with Crippen LogP contribution >= 0.6 is 11.6 Å². The molecule has 1 heterocycles. The van der Waals surface area contributed by atoms with Crippen molar-refractivity contribution in [3.8, 4) is 0 Å². The van der Waals surface area contributed by atoms with Crippen molar-refractivity contribution in [2.45, 2.75) is 32.2 Å². The molecule has 1 aliphatic rings. The van der Waals surface area contributed by atoms with Crippen LogP contribution in [0.5, 0.6) is 0 Å². The van der Waals surface area contributed by atoms with Crippen LogP contribution in [0.2, 0.25) is 5.02 Å². The van der Waals surface area contributed by atoms with Crippen LogP contribution in [-0.2, 0) is 11.2 Å². The topological polar surface area (TPSA) is 52.6 Å². The van der Waals surface area contributed by atoms with E-state index in [2.05, 4.69) is 24.4 Å². The molecule has 20 heavy (non-hydrogen) atoms. The van der Waals surface area contributed by atoms with E-state index < -0.39 is 5.97 Å². The number of anilines is 1. The van der Waals surface area contributed by atoms with Gasteiger partial charge in [-0.1, -0.05) is 24.6 Å². The molecular weight excluding hydrogens is 276 g/mol. The zero-order valence-electron chi connectivity index (χ0n) is 11.7. The summed E-state index contributed by atoms with van der Waals surface area (Å²) < 4.78 is 0. The Labute approximate surface area is 124 Å². The van der Waals surface area contributed by atoms with Gasteiger partial charge in [0, 0.05) is 29.8 Å². The molecule has 0 radical (unpaired) electrons. The number of carboxylic acids is 1. The second-order valence-electron chi connectivity index (χ2n) is 5.25. The van der Waals surface area contributed by atoms with E-state index in [1.807, 2.05) is 11.0 Å². The maximum Gasteiger partial charge on any atom is 0.317 e. The summed E-state index contributed by atoms with van der Waals surface area (Å²) in [5.74, 6) is -0.752. The summed E-state index contributed by atoms with van der Waals surface area (Å²) in [6.45, 7) is 3.88. The molecule has 0 bridgehead atoms. The number of hydrogen-bond acceptors (Lipinski definition) is 3. The normalized spacial score (nSPS) is 17.1. The van der Waals surface area contributed by atoms with Crippen LogP contribution in [0, 0.1) is 0 Å². The van der Waals surface area contributed by atoms with Crippen molar-refractivity contribution in [2.24, 2.45) is 0 Å². The Morgan fingerprint density at radius 3 is 2.70 bits per heavy atom. The highest BCUT2D eigenvalue weighted by atomic mass is 35.5. The van der Waals surface area contributed by atoms with Gasteiger partial charge in [-0.05, 0) is 37.0 Å². The molecule has 2 N–H and O–H groups in total. The lowest BCUT2D eigenvalue weighted by atomic mass is 10.0. The summed E-state index contributed by atoms with van der Waals surface area (Å²) in [6.07, 6.45) is 2.85. The van der Waals surface area contributed by atoms with E-state index >= 15 is 0 Å². The number of piperidine rings is 1. The minimum Gasteiger partial charge on any atom is -0.480 e. The molecule has 0 atom stereocenters. The van der Waals surface area contributed by atoms with Crippen LogP contribution in [0.4, 0.5) is 5.69 Å². The van der Waals surface area contributed by atoms with Crippen LogP contribution in [0.15, 0.2) is 18.2 Å². The Hall–Kier alpha value is -1.26. The lowest BCUT2D eigenvalue weighted by Crippen LogP contribution is -2.41. The van der Waals surface area contributed by atoms with E-state index in [0.29, 0.717) is 6.04 Å². The molecule has 5 heteroatoms. The van der Waals surface area contributed by atoms with Crippen LogP contribution in [0.3, 0.4) is 0 Å². The summed E-state index contributed by atoms with van der Waals surface area (Å²) in [6, 6.07) is 6.49. The van der Waals surface area contributed by atoms with Crippen molar-refractivity contribution >= 4 is 23.3 Å². The summed E-state index contributed by atoms with van der Waals surface area (Å²) in [7, 11) is 0. The third-order valence-corrected chi connectivity index (χ3v) is 4.10. The smallest absolute Gasteiger partial charge is 0.317 e. The summed E-state index contributed by atoms with van der Waals surface area (Å²) in [5.41, 5.74) is 2.21. The number of nitrogens with one attached hydrogen (secondary N) is 1. The van der Waals surface area contributed by atoms with Gasteiger partial charge >= 0.3 is 5.97 Å². The standard InChI is InChI=1S/C15H21ClN2O2/c1-2-11-3-4-13(9-14(11)16)17-12-5-7-18(8-6-12)10-15(19)20/h3-4,9,12,17H,2,5-8,10H2,1H3,(H,19,20). The van der Waals surface area contributed by atoms with Gasteiger partial charge in [-0.15, -0.1) is 0 Å². The molecular formula is C15H21ClN2O2. The monoisotopic (exact) mass is 296 g/mol. The molecule has 4 nitrogen and oxygen atoms in total. The van der Waals surface area contributed by atoms with Crippen LogP contribution in [0.1, 0.15) is 25.3 Å². The molecule has 1 aromatic rings. The number of carboxylic acid groups (broad SMARTS) is 1. The minimum absolute atomic E-state index is 0.143. The highest BCUT2D eigenvalue weighted by Gasteiger charge is 2.20. The number of aliphatic carboxylic acids is 1. The average molecular weight is 297 g/mol. The number of carbonyl (C=O) groups is 1. The SMILES string of the molecule is CCc1ccc(NC2CCN(CC(=O)O)CC2)cc1Cl. The molecule has 0 spiro atoms. The van der Waals surface area contributed by atoms with Gasteiger partial charge in [-0.2, -0.15) is 0 Å². The number of likely N-dealkylation sites (tertiary alicyclic amines) is 1. The highest BCUT2D eigenvalue weighted by molar-refractivity contribution is 6.31. The molecule has 2 rings (SSSR count). The van der Waals surface area contributed by atoms with E-state index in [9.17, 15) is 4.79 Å². The fraction of sp³-hybridized carbons (Fsp3) is 0.533. The first kappa shape index (κ1) is 15.1. The summed E-state index contributed by atoms with van der Waals surface area (Å²) in [4.78, 5) is 12.6. The Bertz CT molecular complexity index is 471. The third-order valence-electron chi connectivity index (χ3n) is 3.75. The Morgan fingerprint density at radius 1 is 1.45 bits per heavy atom. The highest BCUT2D eigenvalue weighted by Crippen LogP contribution is 2.23. The number of benzene rings is 1. The fourth-order valence-corrected chi connectivity index (χ4v) is 2.90. The maximum absolute atomic E-state index is 10.7. The van der Waals surface area contributed by atoms with E-state index in [0.717, 1.165) is 48.6 Å². The van der Waals surface area contributed by atoms with Crippen LogP contribution in [0.25, 0.3) is 0 Å². The van der Waals surface area contributed by atoms with Crippen molar-refractivity contribution in [3.05, 3.63) is 28.8 Å². The van der Waals surface area contributed by atoms with Gasteiger partial charge in [0.15, 0.2) is 0 Å². The van der Waals surface area contributed by atoms with Gasteiger partial charge in [0.1, 0.15) is 0 Å². The van der Waals surface area contributed by atoms with E-state index in [1.54, 1.807) is 0 Å². The Balaban J connectivity index is 1.86. The fourth-order valence-electron chi connectivity index (χ4n) is 2.59. The molecule has 0 unspecified atom stereocenters. The second kappa shape index (κ2) is 6.95. The van der Waals surface area contributed by atoms with E-state index in [1.165, 1.54) is 0 Å². The first-order valence-electron chi connectivity index (χ1n) is 7.07. The van der Waals surface area contributed by atoms with Crippen LogP contribution < -0.4 is 5.32 Å². The zero-order chi connectivity index (χ0) is 14.5. The predicted octanol–water partition coefficient (Wildman–Crippen LogP) is 2.86. The number of nitrogens with zero attached hydrogens (tertiary/aromatic N) is 1. The maximum atomic E-state index is 10.7. The Morgan fingerprint density at radius 2 is 2.15 bits per heavy atom. The summed E-state index contributed by atoms with van der Waals surface area (Å²) in [5, 5.41) is 13.1. The third kappa shape index (κ3) is 4.12. The molecule has 0 aliphatic carbocycles. The number of rotatable bonds is 5. The van der Waals surface area contributed by atoms with Gasteiger partial charge in [-0.25, -0.2) is 0 Å². The van der Waals surface area contributed by atoms with Gasteiger partial charge in [-0.3, -0.25) is 9.69 Å². The molecule has 1 aliphatic heterocycles. The lowest BCUT2D eigenvalue weighted by Gasteiger charge is -2.31. The van der Waals surface area contributed by atoms with Crippen molar-refractivity contribution in [1.29, 1.82) is 0 Å². The van der Waals surface area contributed by atoms with E-state index in [-0.39, 0.29) is 6.54 Å². The van der Waals surface area contributed by atoms with Crippen molar-refractivity contribution in [2.75, 3.05) is 25.0 Å². The van der Waals surface area contributed by atoms with Crippen LogP contribution in [-0.4, -0.2) is 41.7 Å². The molecule has 110 valence electrons. The second-order valence-corrected chi connectivity index (χ2v) is 5.66. The largest absolute Gasteiger partial charge is 0.480 e. The molecule has 1 saturated heterocycles. The molecule has 1 fully saturated rings. The van der Waals surface area contributed by atoms with Crippen molar-refractivity contribution in [3.63, 3.8) is 0 Å². The van der Waals surface area contributed by atoms with Gasteiger partial charge < -0.3 is 10.4 Å².